The number of rotatable bonds is 2. The Morgan fingerprint density at radius 3 is 1.82 bits per heavy atom. The molecule has 1 heterocycles. The predicted molar refractivity (Wildman–Crippen MR) is 67.7 cm³/mol. The van der Waals surface area contributed by atoms with Crippen molar-refractivity contribution in [1.82, 2.24) is 0 Å². The third-order valence-corrected chi connectivity index (χ3v) is 3.34. The summed E-state index contributed by atoms with van der Waals surface area (Å²) in [5.41, 5.74) is 2.45. The fraction of sp³-hybridized carbons (Fsp3) is 0.357. The summed E-state index contributed by atoms with van der Waals surface area (Å²) in [6.45, 7) is 4.21. The first-order valence-electron chi connectivity index (χ1n) is 6.22. The third-order valence-electron chi connectivity index (χ3n) is 3.34. The van der Waals surface area contributed by atoms with Crippen LogP contribution in [0, 0.1) is 24.1 Å². The normalized spacial score (nSPS) is 11.0. The highest BCUT2D eigenvalue weighted by Gasteiger charge is 2.14. The van der Waals surface area contributed by atoms with E-state index in [9.17, 15) is 0 Å². The average molecular weight is 332 g/mol. The van der Waals surface area contributed by atoms with Crippen LogP contribution >= 0.6 is 0 Å². The lowest BCUT2D eigenvalue weighted by Crippen LogP contribution is -2.68. The number of hydrogen-bond acceptors (Lipinski definition) is 6. The van der Waals surface area contributed by atoms with Crippen LogP contribution in [0.3, 0.4) is 0 Å². The average Bonchev–Trinajstić information content (AvgIpc) is 2.42. The molecule has 122 valence electrons. The first-order valence-corrected chi connectivity index (χ1v) is 7.45. The predicted octanol–water partition coefficient (Wildman–Crippen LogP) is -2.46. The Bertz CT molecular complexity index is 663. The van der Waals surface area contributed by atoms with Gasteiger partial charge < -0.3 is 9.47 Å². The molecule has 22 heavy (non-hydrogen) atoms. The molecule has 0 spiro atoms. The van der Waals surface area contributed by atoms with Crippen molar-refractivity contribution in [2.24, 2.45) is 7.05 Å². The van der Waals surface area contributed by atoms with Gasteiger partial charge in [-0.15, -0.1) is 10.2 Å². The molecule has 7 nitrogen and oxygen atoms in total. The molecule has 0 bridgehead atoms. The molecule has 0 aliphatic rings. The molecule has 0 aliphatic carbocycles. The standard InChI is InChI=1S/C14H18NO2.ClHO4/c1-9-6-11-7-13(16-4)14(17-5)8-12(11)10(2)15(9)3;2-1(3,4)5/h6-8H,1-5H3;(H,2,3,4,5)/q+1;/p-1. The van der Waals surface area contributed by atoms with E-state index < -0.39 is 10.2 Å². The van der Waals surface area contributed by atoms with E-state index in [4.69, 9.17) is 28.1 Å². The van der Waals surface area contributed by atoms with Crippen molar-refractivity contribution in [3.63, 3.8) is 0 Å². The number of hydrogen-bond donors (Lipinski definition) is 0. The molecule has 0 amide bonds. The summed E-state index contributed by atoms with van der Waals surface area (Å²) in [4.78, 5) is 0. The van der Waals surface area contributed by atoms with Crippen molar-refractivity contribution in [3.8, 4) is 11.5 Å². The van der Waals surface area contributed by atoms with Crippen LogP contribution in [0.4, 0.5) is 0 Å². The van der Waals surface area contributed by atoms with Gasteiger partial charge in [-0.3, -0.25) is 0 Å². The zero-order chi connectivity index (χ0) is 17.1. The molecule has 8 heteroatoms. The van der Waals surface area contributed by atoms with Gasteiger partial charge in [-0.05, 0) is 17.5 Å². The highest BCUT2D eigenvalue weighted by Crippen LogP contribution is 2.32. The molecule has 0 N–H and O–H groups in total. The number of aromatic nitrogens is 1. The molecule has 2 rings (SSSR count). The first kappa shape index (κ1) is 18.4. The number of methoxy groups -OCH3 is 2. The fourth-order valence-corrected chi connectivity index (χ4v) is 2.09. The Kier molecular flexibility index (Phi) is 5.92. The van der Waals surface area contributed by atoms with Gasteiger partial charge in [0.05, 0.1) is 19.6 Å². The van der Waals surface area contributed by atoms with E-state index in [1.807, 2.05) is 12.1 Å². The molecular weight excluding hydrogens is 314 g/mol. The number of aryl methyl sites for hydroxylation is 2. The summed E-state index contributed by atoms with van der Waals surface area (Å²) in [5.74, 6) is 1.54. The number of nitrogens with zero attached hydrogens (tertiary/aromatic N) is 1. The minimum atomic E-state index is -4.94. The number of ether oxygens (including phenoxy) is 2. The minimum absolute atomic E-state index is 0.770. The van der Waals surface area contributed by atoms with Gasteiger partial charge in [0.1, 0.15) is 7.05 Å². The van der Waals surface area contributed by atoms with E-state index in [0.29, 0.717) is 0 Å². The van der Waals surface area contributed by atoms with Crippen molar-refractivity contribution in [3.05, 3.63) is 29.6 Å². The third kappa shape index (κ3) is 4.69. The Morgan fingerprint density at radius 2 is 1.36 bits per heavy atom. The second-order valence-electron chi connectivity index (χ2n) is 4.60. The Hall–Kier alpha value is -1.64. The summed E-state index contributed by atoms with van der Waals surface area (Å²) in [7, 11) is 0.445. The van der Waals surface area contributed by atoms with Gasteiger partial charge in [-0.2, -0.15) is 0 Å². The van der Waals surface area contributed by atoms with Crippen molar-refractivity contribution >= 4 is 10.8 Å². The van der Waals surface area contributed by atoms with Crippen LogP contribution in [0.15, 0.2) is 18.2 Å². The van der Waals surface area contributed by atoms with E-state index in [-0.39, 0.29) is 0 Å². The highest BCUT2D eigenvalue weighted by atomic mass is 35.7. The molecule has 0 unspecified atom stereocenters. The smallest absolute Gasteiger partial charge is 0.186 e. The van der Waals surface area contributed by atoms with E-state index >= 15 is 0 Å². The van der Waals surface area contributed by atoms with Crippen molar-refractivity contribution in [1.29, 1.82) is 0 Å². The van der Waals surface area contributed by atoms with Crippen LogP contribution in [0.5, 0.6) is 11.5 Å². The van der Waals surface area contributed by atoms with Gasteiger partial charge in [0.25, 0.3) is 0 Å². The molecule has 0 fully saturated rings. The Balaban J connectivity index is 0.000000422. The molecule has 0 saturated heterocycles. The van der Waals surface area contributed by atoms with Crippen LogP contribution in [0.25, 0.3) is 10.8 Å². The van der Waals surface area contributed by atoms with Gasteiger partial charge >= 0.3 is 0 Å². The molecule has 2 aromatic rings. The maximum absolute atomic E-state index is 8.49. The SMILES string of the molecule is COc1cc2cc(C)[n+](C)c(C)c2cc1OC.[O-][Cl+3]([O-])([O-])[O-]. The first-order chi connectivity index (χ1) is 10.1. The molecule has 0 saturated carbocycles. The number of halogens is 1. The quantitative estimate of drug-likeness (QED) is 0.564. The second-order valence-corrected chi connectivity index (χ2v) is 5.36. The van der Waals surface area contributed by atoms with Crippen LogP contribution in [-0.2, 0) is 7.05 Å². The zero-order valence-corrected chi connectivity index (χ0v) is 13.8. The number of fused-ring (bicyclic) bond motifs is 1. The summed E-state index contributed by atoms with van der Waals surface area (Å²) in [6, 6.07) is 6.21. The Morgan fingerprint density at radius 1 is 0.909 bits per heavy atom. The van der Waals surface area contributed by atoms with Gasteiger partial charge in [-0.1, -0.05) is 0 Å². The van der Waals surface area contributed by atoms with Gasteiger partial charge in [0.15, 0.2) is 22.9 Å². The molecule has 1 aromatic carbocycles. The maximum Gasteiger partial charge on any atom is 0.186 e. The van der Waals surface area contributed by atoms with Crippen molar-refractivity contribution < 1.29 is 42.9 Å². The fourth-order valence-electron chi connectivity index (χ4n) is 2.09. The highest BCUT2D eigenvalue weighted by molar-refractivity contribution is 5.87. The molecule has 1 aromatic heterocycles. The van der Waals surface area contributed by atoms with E-state index in [1.54, 1.807) is 14.2 Å². The largest absolute Gasteiger partial charge is 0.493 e. The van der Waals surface area contributed by atoms with Gasteiger partial charge in [-0.25, -0.2) is 23.2 Å². The van der Waals surface area contributed by atoms with Gasteiger partial charge in [0, 0.05) is 19.9 Å². The van der Waals surface area contributed by atoms with E-state index in [2.05, 4.69) is 31.5 Å². The monoisotopic (exact) mass is 331 g/mol. The van der Waals surface area contributed by atoms with Crippen molar-refractivity contribution in [2.75, 3.05) is 14.2 Å². The summed E-state index contributed by atoms with van der Waals surface area (Å²) in [5, 5.41) is 2.37. The summed E-state index contributed by atoms with van der Waals surface area (Å²) in [6.07, 6.45) is 0. The van der Waals surface area contributed by atoms with Crippen LogP contribution < -0.4 is 32.7 Å². The molecule has 0 atom stereocenters. The van der Waals surface area contributed by atoms with Crippen LogP contribution in [-0.4, -0.2) is 14.2 Å². The van der Waals surface area contributed by atoms with Crippen molar-refractivity contribution in [2.45, 2.75) is 13.8 Å². The Labute approximate surface area is 130 Å². The summed E-state index contributed by atoms with van der Waals surface area (Å²) < 4.78 is 46.8. The summed E-state index contributed by atoms with van der Waals surface area (Å²) >= 11 is 0. The minimum Gasteiger partial charge on any atom is -0.493 e. The molecular formula is C14H18ClNO6. The lowest BCUT2D eigenvalue weighted by Gasteiger charge is -2.17. The van der Waals surface area contributed by atoms with Crippen LogP contribution in [0.1, 0.15) is 11.4 Å². The lowest BCUT2D eigenvalue weighted by molar-refractivity contribution is -2.00. The van der Waals surface area contributed by atoms with Gasteiger partial charge in [0.2, 0.25) is 0 Å². The van der Waals surface area contributed by atoms with E-state index in [0.717, 1.165) is 11.5 Å². The maximum atomic E-state index is 8.49. The number of benzene rings is 1. The molecule has 0 radical (unpaired) electrons. The number of pyridine rings is 1. The second kappa shape index (κ2) is 7.08. The van der Waals surface area contributed by atoms with Crippen LogP contribution in [0.2, 0.25) is 0 Å². The topological polar surface area (TPSA) is 115 Å². The van der Waals surface area contributed by atoms with E-state index in [1.165, 1.54) is 22.2 Å². The lowest BCUT2D eigenvalue weighted by atomic mass is 10.1. The zero-order valence-electron chi connectivity index (χ0n) is 13.0. The molecule has 0 aliphatic heterocycles.